The zero-order valence-corrected chi connectivity index (χ0v) is 15.6. The lowest BCUT2D eigenvalue weighted by atomic mass is 10.2. The van der Waals surface area contributed by atoms with Gasteiger partial charge in [-0.1, -0.05) is 6.07 Å². The second kappa shape index (κ2) is 8.23. The lowest BCUT2D eigenvalue weighted by Crippen LogP contribution is -2.35. The number of nitrogens with zero attached hydrogens (tertiary/aromatic N) is 2. The molecule has 0 atom stereocenters. The molecule has 2 heterocycles. The summed E-state index contributed by atoms with van der Waals surface area (Å²) >= 11 is 1.39. The van der Waals surface area contributed by atoms with Crippen molar-refractivity contribution in [2.45, 2.75) is 18.0 Å². The zero-order chi connectivity index (χ0) is 18.6. The van der Waals surface area contributed by atoms with E-state index >= 15 is 0 Å². The Morgan fingerprint density at radius 2 is 2.12 bits per heavy atom. The van der Waals surface area contributed by atoms with E-state index < -0.39 is 16.0 Å². The van der Waals surface area contributed by atoms with Crippen molar-refractivity contribution in [2.75, 3.05) is 26.3 Å². The van der Waals surface area contributed by atoms with Gasteiger partial charge in [0.1, 0.15) is 5.01 Å². The summed E-state index contributed by atoms with van der Waals surface area (Å²) in [5, 5.41) is 11.6. The van der Waals surface area contributed by atoms with E-state index in [0.717, 1.165) is 24.8 Å². The summed E-state index contributed by atoms with van der Waals surface area (Å²) in [6, 6.07) is 5.25. The van der Waals surface area contributed by atoms with Gasteiger partial charge in [-0.25, -0.2) is 22.9 Å². The van der Waals surface area contributed by atoms with Gasteiger partial charge in [0.15, 0.2) is 0 Å². The van der Waals surface area contributed by atoms with Crippen LogP contribution in [0, 0.1) is 0 Å². The molecule has 0 amide bonds. The van der Waals surface area contributed by atoms with E-state index in [1.807, 2.05) is 5.38 Å². The molecule has 3 rings (SSSR count). The summed E-state index contributed by atoms with van der Waals surface area (Å²) in [5.74, 6) is -1.17. The van der Waals surface area contributed by atoms with Gasteiger partial charge in [-0.15, -0.1) is 11.3 Å². The van der Waals surface area contributed by atoms with Crippen LogP contribution in [0.2, 0.25) is 0 Å². The number of sulfonamides is 1. The number of carboxylic acids is 1. The van der Waals surface area contributed by atoms with Crippen LogP contribution in [0.15, 0.2) is 34.5 Å². The Bertz CT molecular complexity index is 876. The maximum atomic E-state index is 12.4. The Kier molecular flexibility index (Phi) is 5.99. The minimum atomic E-state index is -3.81. The highest BCUT2D eigenvalue weighted by Gasteiger charge is 2.17. The van der Waals surface area contributed by atoms with Gasteiger partial charge in [-0.05, 0) is 18.2 Å². The molecule has 2 aromatic rings. The van der Waals surface area contributed by atoms with Crippen LogP contribution in [0.4, 0.5) is 0 Å². The van der Waals surface area contributed by atoms with Crippen LogP contribution >= 0.6 is 11.3 Å². The molecule has 0 unspecified atom stereocenters. The molecule has 1 fully saturated rings. The highest BCUT2D eigenvalue weighted by molar-refractivity contribution is 7.89. The van der Waals surface area contributed by atoms with E-state index in [0.29, 0.717) is 24.8 Å². The molecule has 140 valence electrons. The third-order valence-corrected chi connectivity index (χ3v) is 6.19. The summed E-state index contributed by atoms with van der Waals surface area (Å²) < 4.78 is 32.5. The number of rotatable bonds is 7. The third-order valence-electron chi connectivity index (χ3n) is 3.89. The second-order valence-electron chi connectivity index (χ2n) is 5.78. The molecular formula is C16H19N3O5S2. The van der Waals surface area contributed by atoms with Crippen LogP contribution < -0.4 is 4.72 Å². The van der Waals surface area contributed by atoms with Crippen LogP contribution in [0.25, 0.3) is 0 Å². The number of hydrogen-bond donors (Lipinski definition) is 2. The van der Waals surface area contributed by atoms with Crippen molar-refractivity contribution in [3.05, 3.63) is 45.9 Å². The van der Waals surface area contributed by atoms with Gasteiger partial charge in [-0.2, -0.15) is 0 Å². The number of aromatic nitrogens is 1. The van der Waals surface area contributed by atoms with E-state index in [1.54, 1.807) is 0 Å². The van der Waals surface area contributed by atoms with Crippen molar-refractivity contribution in [3.8, 4) is 0 Å². The maximum Gasteiger partial charge on any atom is 0.335 e. The van der Waals surface area contributed by atoms with Crippen LogP contribution in [0.3, 0.4) is 0 Å². The SMILES string of the molecule is O=C(O)c1cccc(S(=O)(=O)NCc2nc(CN3CCOCC3)cs2)c1. The average Bonchev–Trinajstić information content (AvgIpc) is 3.08. The molecular weight excluding hydrogens is 378 g/mol. The van der Waals surface area contributed by atoms with Gasteiger partial charge in [0.25, 0.3) is 0 Å². The Labute approximate surface area is 155 Å². The summed E-state index contributed by atoms with van der Waals surface area (Å²) in [7, 11) is -3.81. The van der Waals surface area contributed by atoms with Gasteiger partial charge in [-0.3, -0.25) is 4.90 Å². The molecule has 2 N–H and O–H groups in total. The molecule has 0 radical (unpaired) electrons. The minimum Gasteiger partial charge on any atom is -0.478 e. The van der Waals surface area contributed by atoms with Crippen molar-refractivity contribution in [2.24, 2.45) is 0 Å². The Morgan fingerprint density at radius 3 is 2.85 bits per heavy atom. The number of carbonyl (C=O) groups is 1. The number of morpholine rings is 1. The monoisotopic (exact) mass is 397 g/mol. The normalized spacial score (nSPS) is 15.8. The molecule has 0 aliphatic carbocycles. The Balaban J connectivity index is 1.61. The van der Waals surface area contributed by atoms with Crippen LogP contribution in [0.5, 0.6) is 0 Å². The van der Waals surface area contributed by atoms with Crippen molar-refractivity contribution < 1.29 is 23.1 Å². The standard InChI is InChI=1S/C16H19N3O5S2/c20-16(21)12-2-1-3-14(8-12)26(22,23)17-9-15-18-13(11-25-15)10-19-4-6-24-7-5-19/h1-3,8,11,17H,4-7,9-10H2,(H,20,21). The smallest absolute Gasteiger partial charge is 0.335 e. The number of ether oxygens (including phenoxy) is 1. The largest absolute Gasteiger partial charge is 0.478 e. The second-order valence-corrected chi connectivity index (χ2v) is 8.49. The highest BCUT2D eigenvalue weighted by atomic mass is 32.2. The van der Waals surface area contributed by atoms with Gasteiger partial charge in [0, 0.05) is 25.0 Å². The van der Waals surface area contributed by atoms with Crippen LogP contribution in [0.1, 0.15) is 21.1 Å². The summed E-state index contributed by atoms with van der Waals surface area (Å²) in [5.41, 5.74) is 0.828. The lowest BCUT2D eigenvalue weighted by Gasteiger charge is -2.25. The fraction of sp³-hybridized carbons (Fsp3) is 0.375. The van der Waals surface area contributed by atoms with Crippen molar-refractivity contribution in [1.82, 2.24) is 14.6 Å². The third kappa shape index (κ3) is 4.86. The molecule has 0 spiro atoms. The summed E-state index contributed by atoms with van der Waals surface area (Å²) in [4.78, 5) is 17.6. The van der Waals surface area contributed by atoms with Crippen molar-refractivity contribution in [3.63, 3.8) is 0 Å². The molecule has 1 aliphatic heterocycles. The van der Waals surface area contributed by atoms with E-state index in [-0.39, 0.29) is 17.0 Å². The Hall–Kier alpha value is -1.85. The summed E-state index contributed by atoms with van der Waals surface area (Å²) in [6.07, 6.45) is 0. The fourth-order valence-corrected chi connectivity index (χ4v) is 4.38. The molecule has 8 nitrogen and oxygen atoms in total. The van der Waals surface area contributed by atoms with Crippen LogP contribution in [-0.2, 0) is 27.8 Å². The molecule has 1 aromatic carbocycles. The predicted molar refractivity (Wildman–Crippen MR) is 95.6 cm³/mol. The first kappa shape index (κ1) is 18.9. The predicted octanol–water partition coefficient (Wildman–Crippen LogP) is 1.15. The minimum absolute atomic E-state index is 0.0629. The molecule has 1 aromatic heterocycles. The number of aromatic carboxylic acids is 1. The molecule has 0 bridgehead atoms. The number of carboxylic acid groups (broad SMARTS) is 1. The molecule has 26 heavy (non-hydrogen) atoms. The van der Waals surface area contributed by atoms with Crippen molar-refractivity contribution in [1.29, 1.82) is 0 Å². The Morgan fingerprint density at radius 1 is 1.35 bits per heavy atom. The molecule has 1 aliphatic rings. The lowest BCUT2D eigenvalue weighted by molar-refractivity contribution is 0.0337. The van der Waals surface area contributed by atoms with Crippen molar-refractivity contribution >= 4 is 27.3 Å². The first-order valence-corrected chi connectivity index (χ1v) is 10.4. The first-order chi connectivity index (χ1) is 12.4. The van der Waals surface area contributed by atoms with Gasteiger partial charge in [0.05, 0.1) is 35.9 Å². The average molecular weight is 397 g/mol. The number of thiazole rings is 1. The highest BCUT2D eigenvalue weighted by Crippen LogP contribution is 2.15. The number of benzene rings is 1. The van der Waals surface area contributed by atoms with E-state index in [9.17, 15) is 13.2 Å². The van der Waals surface area contributed by atoms with Gasteiger partial charge < -0.3 is 9.84 Å². The maximum absolute atomic E-state index is 12.4. The quantitative estimate of drug-likeness (QED) is 0.721. The fourth-order valence-electron chi connectivity index (χ4n) is 2.53. The van der Waals surface area contributed by atoms with E-state index in [4.69, 9.17) is 9.84 Å². The molecule has 0 saturated carbocycles. The topological polar surface area (TPSA) is 109 Å². The molecule has 1 saturated heterocycles. The van der Waals surface area contributed by atoms with E-state index in [2.05, 4.69) is 14.6 Å². The molecule has 10 heteroatoms. The first-order valence-electron chi connectivity index (χ1n) is 8.00. The zero-order valence-electron chi connectivity index (χ0n) is 13.9. The number of nitrogens with one attached hydrogen (secondary N) is 1. The summed E-state index contributed by atoms with van der Waals surface area (Å²) in [6.45, 7) is 3.93. The van der Waals surface area contributed by atoms with Gasteiger partial charge >= 0.3 is 5.97 Å². The number of hydrogen-bond acceptors (Lipinski definition) is 7. The van der Waals surface area contributed by atoms with E-state index in [1.165, 1.54) is 29.5 Å². The van der Waals surface area contributed by atoms with Gasteiger partial charge in [0.2, 0.25) is 10.0 Å². The van der Waals surface area contributed by atoms with Crippen LogP contribution in [-0.4, -0.2) is 55.7 Å².